The van der Waals surface area contributed by atoms with Crippen molar-refractivity contribution in [2.45, 2.75) is 25.4 Å². The van der Waals surface area contributed by atoms with E-state index >= 15 is 4.39 Å². The van der Waals surface area contributed by atoms with Crippen molar-refractivity contribution in [1.82, 2.24) is 29.9 Å². The smallest absolute Gasteiger partial charge is 0.282 e. The van der Waals surface area contributed by atoms with Crippen LogP contribution in [0.1, 0.15) is 28.8 Å². The fraction of sp³-hybridized carbons (Fsp3) is 0.233. The first-order valence-corrected chi connectivity index (χ1v) is 13.4. The molecule has 1 N–H and O–H groups in total. The van der Waals surface area contributed by atoms with Crippen LogP contribution in [0.2, 0.25) is 0 Å². The van der Waals surface area contributed by atoms with Gasteiger partial charge in [0.25, 0.3) is 5.56 Å². The van der Waals surface area contributed by atoms with Crippen molar-refractivity contribution in [1.29, 1.82) is 0 Å². The highest BCUT2D eigenvalue weighted by Crippen LogP contribution is 2.36. The highest BCUT2D eigenvalue weighted by molar-refractivity contribution is 5.97. The number of pyridine rings is 1. The van der Waals surface area contributed by atoms with Crippen LogP contribution in [-0.2, 0) is 6.42 Å². The summed E-state index contributed by atoms with van der Waals surface area (Å²) in [4.78, 5) is 32.4. The van der Waals surface area contributed by atoms with Crippen LogP contribution in [0.4, 0.5) is 8.78 Å². The molecule has 12 heteroatoms. The van der Waals surface area contributed by atoms with Gasteiger partial charge in [-0.3, -0.25) is 14.7 Å². The Bertz CT molecular complexity index is 1810. The molecule has 10 nitrogen and oxygen atoms in total. The Kier molecular flexibility index (Phi) is 7.44. The van der Waals surface area contributed by atoms with Crippen molar-refractivity contribution in [3.63, 3.8) is 0 Å². The van der Waals surface area contributed by atoms with Gasteiger partial charge in [-0.25, -0.2) is 13.8 Å². The Morgan fingerprint density at radius 1 is 1.02 bits per heavy atom. The summed E-state index contributed by atoms with van der Waals surface area (Å²) in [6.45, 7) is 1.83. The average Bonchev–Trinajstić information content (AvgIpc) is 3.40. The number of fused-ring (bicyclic) bond motifs is 1. The molecule has 0 aliphatic carbocycles. The van der Waals surface area contributed by atoms with Gasteiger partial charge in [-0.2, -0.15) is 9.78 Å². The van der Waals surface area contributed by atoms with E-state index in [0.717, 1.165) is 30.6 Å². The predicted octanol–water partition coefficient (Wildman–Crippen LogP) is 4.47. The lowest BCUT2D eigenvalue weighted by Gasteiger charge is -2.28. The molecule has 1 saturated heterocycles. The maximum absolute atomic E-state index is 15.2. The number of ether oxygens (including phenoxy) is 2. The molecule has 0 amide bonds. The van der Waals surface area contributed by atoms with Gasteiger partial charge in [0, 0.05) is 38.0 Å². The lowest BCUT2D eigenvalue weighted by Crippen LogP contribution is -2.35. The first-order valence-electron chi connectivity index (χ1n) is 13.4. The van der Waals surface area contributed by atoms with Crippen molar-refractivity contribution in [3.8, 4) is 23.1 Å². The second-order valence-corrected chi connectivity index (χ2v) is 10.1. The van der Waals surface area contributed by atoms with Crippen LogP contribution in [0.5, 0.6) is 17.4 Å². The molecule has 1 fully saturated rings. The Labute approximate surface area is 238 Å². The van der Waals surface area contributed by atoms with Crippen LogP contribution in [0.15, 0.2) is 71.8 Å². The van der Waals surface area contributed by atoms with E-state index in [1.54, 1.807) is 12.1 Å². The number of benzene rings is 2. The average molecular weight is 573 g/mol. The van der Waals surface area contributed by atoms with Gasteiger partial charge in [0.1, 0.15) is 23.1 Å². The second-order valence-electron chi connectivity index (χ2n) is 10.1. The van der Waals surface area contributed by atoms with Crippen LogP contribution in [0.25, 0.3) is 16.7 Å². The molecule has 214 valence electrons. The van der Waals surface area contributed by atoms with E-state index < -0.39 is 23.0 Å². The molecule has 0 atom stereocenters. The molecule has 5 aromatic rings. The van der Waals surface area contributed by atoms with Gasteiger partial charge >= 0.3 is 0 Å². The summed E-state index contributed by atoms with van der Waals surface area (Å²) in [5.74, 6) is -1.08. The van der Waals surface area contributed by atoms with E-state index in [1.165, 1.54) is 54.9 Å². The maximum Gasteiger partial charge on any atom is 0.282 e. The highest BCUT2D eigenvalue weighted by atomic mass is 19.1. The second kappa shape index (κ2) is 11.5. The molecule has 0 bridgehead atoms. The van der Waals surface area contributed by atoms with Gasteiger partial charge in [0.05, 0.1) is 11.3 Å². The lowest BCUT2D eigenvalue weighted by atomic mass is 10.0. The molecule has 0 radical (unpaired) electrons. The normalized spacial score (nSPS) is 14.3. The summed E-state index contributed by atoms with van der Waals surface area (Å²) in [5.41, 5.74) is 0.331. The van der Waals surface area contributed by atoms with Crippen LogP contribution in [0, 0.1) is 11.6 Å². The van der Waals surface area contributed by atoms with Crippen LogP contribution in [-0.4, -0.2) is 61.9 Å². The molecular weight excluding hydrogens is 546 g/mol. The number of hydrogen-bond acceptors (Lipinski definition) is 8. The molecule has 42 heavy (non-hydrogen) atoms. The summed E-state index contributed by atoms with van der Waals surface area (Å²) < 4.78 is 41.6. The van der Waals surface area contributed by atoms with Crippen molar-refractivity contribution in [3.05, 3.63) is 100 Å². The van der Waals surface area contributed by atoms with E-state index in [2.05, 4.69) is 32.2 Å². The number of piperidine rings is 1. The number of carbonyl (C=O) groups excluding carboxylic acids is 1. The first kappa shape index (κ1) is 27.2. The van der Waals surface area contributed by atoms with Gasteiger partial charge in [-0.05, 0) is 67.9 Å². The zero-order valence-electron chi connectivity index (χ0n) is 22.6. The zero-order valence-corrected chi connectivity index (χ0v) is 22.6. The number of halogens is 2. The molecule has 2 aromatic carbocycles. The lowest BCUT2D eigenvalue weighted by molar-refractivity contribution is 0.0990. The number of likely N-dealkylation sites (tertiary alicyclic amines) is 1. The van der Waals surface area contributed by atoms with Crippen LogP contribution >= 0.6 is 0 Å². The highest BCUT2D eigenvalue weighted by Gasteiger charge is 2.23. The third-order valence-electron chi connectivity index (χ3n) is 7.13. The van der Waals surface area contributed by atoms with E-state index in [0.29, 0.717) is 33.9 Å². The number of nitrogens with one attached hydrogen (secondary N) is 1. The van der Waals surface area contributed by atoms with Gasteiger partial charge in [-0.1, -0.05) is 6.07 Å². The van der Waals surface area contributed by atoms with Crippen molar-refractivity contribution in [2.24, 2.45) is 0 Å². The Morgan fingerprint density at radius 3 is 2.57 bits per heavy atom. The number of aromatic amines is 1. The Morgan fingerprint density at radius 2 is 1.81 bits per heavy atom. The van der Waals surface area contributed by atoms with Gasteiger partial charge in [0.15, 0.2) is 23.0 Å². The molecule has 1 aliphatic rings. The van der Waals surface area contributed by atoms with Crippen LogP contribution in [0.3, 0.4) is 0 Å². The topological polar surface area (TPSA) is 115 Å². The molecule has 1 aliphatic heterocycles. The number of Topliss-reactive ketones (excluding diaryl/α,β-unsaturated/α-hetero) is 1. The van der Waals surface area contributed by atoms with E-state index in [9.17, 15) is 14.0 Å². The van der Waals surface area contributed by atoms with Crippen molar-refractivity contribution in [2.75, 3.05) is 20.1 Å². The Hall–Kier alpha value is -4.97. The van der Waals surface area contributed by atoms with Gasteiger partial charge in [0.2, 0.25) is 5.88 Å². The SMILES string of the molecule is CN1CCC(Oc2n[nH]c3nccc(Oc4ccc(CC(=O)c5ccnn(-c6ccc(F)cc6)c5=O)cc4F)c23)CC1. The van der Waals surface area contributed by atoms with E-state index in [-0.39, 0.29) is 23.8 Å². The summed E-state index contributed by atoms with van der Waals surface area (Å²) in [5, 5.41) is 11.6. The molecule has 0 saturated carbocycles. The number of nitrogens with zero attached hydrogens (tertiary/aromatic N) is 5. The molecule has 3 aromatic heterocycles. The number of H-pyrrole nitrogens is 1. The number of aromatic nitrogens is 5. The molecule has 4 heterocycles. The maximum atomic E-state index is 15.2. The molecule has 0 unspecified atom stereocenters. The summed E-state index contributed by atoms with van der Waals surface area (Å²) in [6.07, 6.45) is 4.31. The third-order valence-corrected chi connectivity index (χ3v) is 7.13. The predicted molar refractivity (Wildman–Crippen MR) is 149 cm³/mol. The fourth-order valence-corrected chi connectivity index (χ4v) is 4.85. The van der Waals surface area contributed by atoms with Gasteiger partial charge < -0.3 is 14.4 Å². The van der Waals surface area contributed by atoms with Crippen molar-refractivity contribution >= 4 is 16.8 Å². The largest absolute Gasteiger partial charge is 0.473 e. The third kappa shape index (κ3) is 5.61. The molecule has 0 spiro atoms. The minimum atomic E-state index is -0.690. The number of ketones is 1. The number of hydrogen-bond donors (Lipinski definition) is 1. The summed E-state index contributed by atoms with van der Waals surface area (Å²) >= 11 is 0. The van der Waals surface area contributed by atoms with Crippen molar-refractivity contribution < 1.29 is 23.0 Å². The number of rotatable bonds is 8. The summed E-state index contributed by atoms with van der Waals surface area (Å²) in [6, 6.07) is 12.2. The monoisotopic (exact) mass is 572 g/mol. The minimum absolute atomic E-state index is 0.00508. The van der Waals surface area contributed by atoms with Gasteiger partial charge in [-0.15, -0.1) is 5.10 Å². The number of carbonyl (C=O) groups is 1. The van der Waals surface area contributed by atoms with Crippen LogP contribution < -0.4 is 15.0 Å². The molecule has 6 rings (SSSR count). The standard InChI is InChI=1S/C30H26F2N6O4/c1-37-14-10-21(11-15-37)41-29-27-26(9-12-33-28(27)35-36-29)42-25-7-2-18(16-23(25)32)17-24(39)22-8-13-34-38(30(22)40)20-5-3-19(31)4-6-20/h2-9,12-13,16,21H,10-11,14-15,17H2,1H3,(H,33,35,36). The molecular formula is C30H26F2N6O4. The fourth-order valence-electron chi connectivity index (χ4n) is 4.85. The Balaban J connectivity index is 1.20. The quantitative estimate of drug-likeness (QED) is 0.271. The first-order chi connectivity index (χ1) is 20.4. The van der Waals surface area contributed by atoms with E-state index in [1.807, 2.05) is 0 Å². The van der Waals surface area contributed by atoms with E-state index in [4.69, 9.17) is 9.47 Å². The minimum Gasteiger partial charge on any atom is -0.473 e. The zero-order chi connectivity index (χ0) is 29.2. The summed E-state index contributed by atoms with van der Waals surface area (Å²) in [7, 11) is 2.07.